The smallest absolute Gasteiger partial charge is 0.246 e. The molecule has 2 saturated heterocycles. The second-order valence-corrected chi connectivity index (χ2v) is 7.10. The molecule has 122 valence electrons. The van der Waals surface area contributed by atoms with Crippen LogP contribution in [0, 0.1) is 0 Å². The molecule has 3 rings (SSSR count). The summed E-state index contributed by atoms with van der Waals surface area (Å²) in [7, 11) is 0. The summed E-state index contributed by atoms with van der Waals surface area (Å²) in [6, 6.07) is -0.278. The second kappa shape index (κ2) is 7.51. The molecule has 0 aromatic carbocycles. The van der Waals surface area contributed by atoms with Gasteiger partial charge in [0.05, 0.1) is 19.1 Å². The molecule has 2 heterocycles. The molecule has 2 fully saturated rings. The third kappa shape index (κ3) is 3.66. The highest BCUT2D eigenvalue weighted by Gasteiger charge is 2.37. The van der Waals surface area contributed by atoms with Crippen LogP contribution in [0.3, 0.4) is 0 Å². The zero-order chi connectivity index (χ0) is 15.4. The van der Waals surface area contributed by atoms with Crippen LogP contribution in [-0.4, -0.2) is 65.6 Å². The quantitative estimate of drug-likeness (QED) is 0.741. The summed E-state index contributed by atoms with van der Waals surface area (Å²) in [6.45, 7) is 2.50. The van der Waals surface area contributed by atoms with Gasteiger partial charge in [-0.3, -0.25) is 9.59 Å². The molecule has 0 radical (unpaired) electrons. The number of hydrogen-bond donors (Lipinski definition) is 0. The van der Waals surface area contributed by atoms with Crippen LogP contribution < -0.4 is 0 Å². The van der Waals surface area contributed by atoms with Crippen molar-refractivity contribution in [3.05, 3.63) is 11.6 Å². The number of carbonyl (C=O) groups excluding carboxylic acids is 2. The SMILES string of the molecule is O=C([C@@H]1CSCN1C(=O)CC1=CCCCC1)N1CCOCC1. The number of ether oxygens (including phenoxy) is 1. The molecule has 6 heteroatoms. The molecule has 0 saturated carbocycles. The largest absolute Gasteiger partial charge is 0.378 e. The van der Waals surface area contributed by atoms with Gasteiger partial charge in [-0.2, -0.15) is 0 Å². The normalized spacial score (nSPS) is 26.0. The third-order valence-corrected chi connectivity index (χ3v) is 5.59. The lowest BCUT2D eigenvalue weighted by Gasteiger charge is -2.32. The van der Waals surface area contributed by atoms with Gasteiger partial charge in [-0.1, -0.05) is 11.6 Å². The van der Waals surface area contributed by atoms with Crippen LogP contribution in [0.1, 0.15) is 32.1 Å². The van der Waals surface area contributed by atoms with Gasteiger partial charge >= 0.3 is 0 Å². The fourth-order valence-corrected chi connectivity index (χ4v) is 4.42. The monoisotopic (exact) mass is 324 g/mol. The van der Waals surface area contributed by atoms with Crippen LogP contribution in [0.5, 0.6) is 0 Å². The molecule has 3 aliphatic rings. The lowest BCUT2D eigenvalue weighted by Crippen LogP contribution is -2.52. The Hall–Kier alpha value is -1.01. The van der Waals surface area contributed by atoms with E-state index >= 15 is 0 Å². The number of thioether (sulfide) groups is 1. The number of amides is 2. The van der Waals surface area contributed by atoms with Gasteiger partial charge in [0.2, 0.25) is 11.8 Å². The van der Waals surface area contributed by atoms with Crippen LogP contribution in [-0.2, 0) is 14.3 Å². The fraction of sp³-hybridized carbons (Fsp3) is 0.750. The van der Waals surface area contributed by atoms with Crippen LogP contribution in [0.4, 0.5) is 0 Å². The summed E-state index contributed by atoms with van der Waals surface area (Å²) in [5.74, 6) is 1.58. The minimum atomic E-state index is -0.278. The molecule has 2 aliphatic heterocycles. The maximum absolute atomic E-state index is 12.7. The van der Waals surface area contributed by atoms with Crippen LogP contribution in [0.2, 0.25) is 0 Å². The van der Waals surface area contributed by atoms with Crippen molar-refractivity contribution in [2.24, 2.45) is 0 Å². The fourth-order valence-electron chi connectivity index (χ4n) is 3.25. The standard InChI is InChI=1S/C16H24N2O3S/c19-15(10-13-4-2-1-3-5-13)18-12-22-11-14(18)16(20)17-6-8-21-9-7-17/h4,14H,1-3,5-12H2/t14-/m0/s1. The molecule has 5 nitrogen and oxygen atoms in total. The molecule has 0 unspecified atom stereocenters. The molecular weight excluding hydrogens is 300 g/mol. The predicted molar refractivity (Wildman–Crippen MR) is 86.5 cm³/mol. The van der Waals surface area contributed by atoms with E-state index < -0.39 is 0 Å². The Kier molecular flexibility index (Phi) is 5.41. The Morgan fingerprint density at radius 2 is 2.09 bits per heavy atom. The Labute approximate surface area is 136 Å². The zero-order valence-corrected chi connectivity index (χ0v) is 13.8. The van der Waals surface area contributed by atoms with E-state index in [1.165, 1.54) is 18.4 Å². The average Bonchev–Trinajstić information content (AvgIpc) is 3.05. The first-order valence-electron chi connectivity index (χ1n) is 8.17. The van der Waals surface area contributed by atoms with Crippen molar-refractivity contribution in [3.63, 3.8) is 0 Å². The number of allylic oxidation sites excluding steroid dienone is 1. The van der Waals surface area contributed by atoms with Gasteiger partial charge in [0, 0.05) is 25.3 Å². The van der Waals surface area contributed by atoms with Gasteiger partial charge in [0.25, 0.3) is 0 Å². The van der Waals surface area contributed by atoms with Gasteiger partial charge in [-0.05, 0) is 25.7 Å². The van der Waals surface area contributed by atoms with E-state index in [1.807, 2.05) is 4.90 Å². The summed E-state index contributed by atoms with van der Waals surface area (Å²) < 4.78 is 5.30. The highest BCUT2D eigenvalue weighted by Crippen LogP contribution is 2.27. The van der Waals surface area contributed by atoms with Gasteiger partial charge in [-0.25, -0.2) is 0 Å². The van der Waals surface area contributed by atoms with Crippen molar-refractivity contribution in [1.29, 1.82) is 0 Å². The highest BCUT2D eigenvalue weighted by molar-refractivity contribution is 7.99. The minimum Gasteiger partial charge on any atom is -0.378 e. The topological polar surface area (TPSA) is 49.9 Å². The molecule has 0 N–H and O–H groups in total. The molecule has 22 heavy (non-hydrogen) atoms. The van der Waals surface area contributed by atoms with Crippen LogP contribution in [0.15, 0.2) is 11.6 Å². The second-order valence-electron chi connectivity index (χ2n) is 6.10. The van der Waals surface area contributed by atoms with Gasteiger partial charge in [0.1, 0.15) is 6.04 Å². The number of hydrogen-bond acceptors (Lipinski definition) is 4. The lowest BCUT2D eigenvalue weighted by atomic mass is 9.96. The van der Waals surface area contributed by atoms with Gasteiger partial charge in [0.15, 0.2) is 0 Å². The van der Waals surface area contributed by atoms with E-state index in [4.69, 9.17) is 4.74 Å². The van der Waals surface area contributed by atoms with E-state index in [1.54, 1.807) is 16.7 Å². The third-order valence-electron chi connectivity index (χ3n) is 4.57. The van der Waals surface area contributed by atoms with Gasteiger partial charge in [-0.15, -0.1) is 11.8 Å². The summed E-state index contributed by atoms with van der Waals surface area (Å²) in [4.78, 5) is 28.9. The maximum atomic E-state index is 12.7. The Morgan fingerprint density at radius 3 is 2.82 bits per heavy atom. The van der Waals surface area contributed by atoms with Gasteiger partial charge < -0.3 is 14.5 Å². The van der Waals surface area contributed by atoms with E-state index in [2.05, 4.69) is 6.08 Å². The first kappa shape index (κ1) is 15.9. The minimum absolute atomic E-state index is 0.0965. The molecule has 2 amide bonds. The van der Waals surface area contributed by atoms with Crippen LogP contribution >= 0.6 is 11.8 Å². The Morgan fingerprint density at radius 1 is 1.27 bits per heavy atom. The Bertz CT molecular complexity index is 460. The highest BCUT2D eigenvalue weighted by atomic mass is 32.2. The summed E-state index contributed by atoms with van der Waals surface area (Å²) in [5, 5.41) is 0. The van der Waals surface area contributed by atoms with Crippen LogP contribution in [0.25, 0.3) is 0 Å². The molecule has 0 aromatic rings. The van der Waals surface area contributed by atoms with Crippen molar-refractivity contribution in [3.8, 4) is 0 Å². The van der Waals surface area contributed by atoms with Crippen molar-refractivity contribution in [1.82, 2.24) is 9.80 Å². The summed E-state index contributed by atoms with van der Waals surface area (Å²) in [6.07, 6.45) is 7.25. The lowest BCUT2D eigenvalue weighted by molar-refractivity contribution is -0.145. The zero-order valence-electron chi connectivity index (χ0n) is 13.0. The number of morpholine rings is 1. The van der Waals surface area contributed by atoms with Crippen molar-refractivity contribution >= 4 is 23.6 Å². The summed E-state index contributed by atoms with van der Waals surface area (Å²) in [5.41, 5.74) is 1.26. The van der Waals surface area contributed by atoms with E-state index in [0.29, 0.717) is 38.6 Å². The van der Waals surface area contributed by atoms with Crippen molar-refractivity contribution in [2.75, 3.05) is 37.9 Å². The van der Waals surface area contributed by atoms with Crippen molar-refractivity contribution in [2.45, 2.75) is 38.1 Å². The number of rotatable bonds is 3. The summed E-state index contributed by atoms with van der Waals surface area (Å²) >= 11 is 1.68. The molecule has 1 atom stereocenters. The molecular formula is C16H24N2O3S. The molecule has 1 aliphatic carbocycles. The molecule has 0 bridgehead atoms. The predicted octanol–water partition coefficient (Wildman–Crippen LogP) is 1.64. The Balaban J connectivity index is 1.60. The number of nitrogens with zero attached hydrogens (tertiary/aromatic N) is 2. The first-order valence-corrected chi connectivity index (χ1v) is 9.33. The molecule has 0 spiro atoms. The number of carbonyl (C=O) groups is 2. The van der Waals surface area contributed by atoms with E-state index in [0.717, 1.165) is 18.6 Å². The van der Waals surface area contributed by atoms with Crippen molar-refractivity contribution < 1.29 is 14.3 Å². The maximum Gasteiger partial charge on any atom is 0.246 e. The van der Waals surface area contributed by atoms with E-state index in [9.17, 15) is 9.59 Å². The molecule has 0 aromatic heterocycles. The first-order chi connectivity index (χ1) is 10.8. The van der Waals surface area contributed by atoms with E-state index in [-0.39, 0.29) is 17.9 Å². The average molecular weight is 324 g/mol.